The summed E-state index contributed by atoms with van der Waals surface area (Å²) in [5, 5.41) is 12.3. The van der Waals surface area contributed by atoms with Crippen LogP contribution in [0.15, 0.2) is 42.7 Å². The van der Waals surface area contributed by atoms with E-state index in [1.54, 1.807) is 0 Å². The van der Waals surface area contributed by atoms with Crippen molar-refractivity contribution in [2.45, 2.75) is 13.3 Å². The maximum absolute atomic E-state index is 11.8. The Morgan fingerprint density at radius 3 is 2.84 bits per heavy atom. The summed E-state index contributed by atoms with van der Waals surface area (Å²) in [6.07, 6.45) is 3.51. The number of carbonyl (C=O) groups is 1. The second-order valence-electron chi connectivity index (χ2n) is 4.33. The van der Waals surface area contributed by atoms with Crippen molar-refractivity contribution in [1.82, 2.24) is 10.3 Å². The number of aromatic nitrogens is 1. The molecule has 0 saturated carbocycles. The molecule has 1 amide bonds. The second-order valence-corrected chi connectivity index (χ2v) is 4.33. The van der Waals surface area contributed by atoms with Crippen LogP contribution in [0.3, 0.4) is 0 Å². The van der Waals surface area contributed by atoms with E-state index >= 15 is 0 Å². The molecule has 0 aliphatic heterocycles. The van der Waals surface area contributed by atoms with Crippen LogP contribution in [0.1, 0.15) is 21.5 Å². The molecular formula is C15H16N2O2. The summed E-state index contributed by atoms with van der Waals surface area (Å²) in [5.41, 5.74) is 2.67. The molecule has 4 heteroatoms. The Morgan fingerprint density at radius 1 is 1.32 bits per heavy atom. The number of pyridine rings is 1. The van der Waals surface area contributed by atoms with E-state index in [9.17, 15) is 9.90 Å². The van der Waals surface area contributed by atoms with Gasteiger partial charge in [-0.3, -0.25) is 9.78 Å². The van der Waals surface area contributed by atoms with Crippen LogP contribution in [-0.4, -0.2) is 22.5 Å². The van der Waals surface area contributed by atoms with Gasteiger partial charge in [0.2, 0.25) is 0 Å². The summed E-state index contributed by atoms with van der Waals surface area (Å²) in [4.78, 5) is 15.6. The molecule has 2 N–H and O–H groups in total. The highest BCUT2D eigenvalue weighted by atomic mass is 16.3. The fourth-order valence-electron chi connectivity index (χ4n) is 1.87. The van der Waals surface area contributed by atoms with Gasteiger partial charge in [0.1, 0.15) is 5.75 Å². The number of aryl methyl sites for hydroxylation is 1. The Kier molecular flexibility index (Phi) is 4.13. The van der Waals surface area contributed by atoms with E-state index in [1.165, 1.54) is 29.6 Å². The normalized spacial score (nSPS) is 10.2. The van der Waals surface area contributed by atoms with Crippen LogP contribution in [0.2, 0.25) is 0 Å². The number of hydrogen-bond donors (Lipinski definition) is 2. The predicted molar refractivity (Wildman–Crippen MR) is 73.1 cm³/mol. The molecule has 4 nitrogen and oxygen atoms in total. The molecular weight excluding hydrogens is 240 g/mol. The summed E-state index contributed by atoms with van der Waals surface area (Å²) in [5.74, 6) is -0.385. The Labute approximate surface area is 112 Å². The third-order valence-electron chi connectivity index (χ3n) is 2.99. The molecule has 19 heavy (non-hydrogen) atoms. The summed E-state index contributed by atoms with van der Waals surface area (Å²) < 4.78 is 0. The molecule has 1 aromatic heterocycles. The first-order valence-electron chi connectivity index (χ1n) is 6.14. The first kappa shape index (κ1) is 13.1. The molecule has 1 heterocycles. The number of benzene rings is 1. The van der Waals surface area contributed by atoms with Gasteiger partial charge in [0.15, 0.2) is 0 Å². The summed E-state index contributed by atoms with van der Waals surface area (Å²) >= 11 is 0. The van der Waals surface area contributed by atoms with Crippen molar-refractivity contribution in [1.29, 1.82) is 0 Å². The number of hydrogen-bond acceptors (Lipinski definition) is 3. The van der Waals surface area contributed by atoms with Gasteiger partial charge in [-0.1, -0.05) is 24.3 Å². The monoisotopic (exact) mass is 256 g/mol. The third kappa shape index (κ3) is 3.31. The first-order valence-corrected chi connectivity index (χ1v) is 6.14. The van der Waals surface area contributed by atoms with Gasteiger partial charge >= 0.3 is 0 Å². The number of nitrogens with one attached hydrogen (secondary N) is 1. The lowest BCUT2D eigenvalue weighted by atomic mass is 10.1. The molecule has 0 bridgehead atoms. The van der Waals surface area contributed by atoms with Crippen molar-refractivity contribution < 1.29 is 9.90 Å². The zero-order chi connectivity index (χ0) is 13.7. The largest absolute Gasteiger partial charge is 0.505 e. The number of rotatable bonds is 4. The van der Waals surface area contributed by atoms with Gasteiger partial charge in [-0.25, -0.2) is 0 Å². The van der Waals surface area contributed by atoms with Crippen molar-refractivity contribution in [3.63, 3.8) is 0 Å². The standard InChI is InChI=1S/C15H16N2O2/c1-11-4-2-3-5-12(11)6-9-17-15(19)13-7-8-16-10-14(13)18/h2-5,7-8,10,18H,6,9H2,1H3,(H,17,19). The minimum atomic E-state index is -0.284. The predicted octanol–water partition coefficient (Wildman–Crippen LogP) is 2.07. The fourth-order valence-corrected chi connectivity index (χ4v) is 1.87. The van der Waals surface area contributed by atoms with Gasteiger partial charge in [0.05, 0.1) is 11.8 Å². The highest BCUT2D eigenvalue weighted by Gasteiger charge is 2.09. The number of nitrogens with zero attached hydrogens (tertiary/aromatic N) is 1. The molecule has 0 atom stereocenters. The highest BCUT2D eigenvalue weighted by molar-refractivity contribution is 5.96. The quantitative estimate of drug-likeness (QED) is 0.880. The minimum absolute atomic E-state index is 0.101. The molecule has 0 radical (unpaired) electrons. The van der Waals surface area contributed by atoms with Gasteiger partial charge in [0, 0.05) is 12.7 Å². The zero-order valence-corrected chi connectivity index (χ0v) is 10.8. The SMILES string of the molecule is Cc1ccccc1CCNC(=O)c1ccncc1O. The van der Waals surface area contributed by atoms with E-state index < -0.39 is 0 Å². The Bertz CT molecular complexity index is 582. The smallest absolute Gasteiger partial charge is 0.255 e. The molecule has 2 aromatic rings. The molecule has 0 saturated heterocycles. The van der Waals surface area contributed by atoms with E-state index in [4.69, 9.17) is 0 Å². The molecule has 98 valence electrons. The molecule has 1 aromatic carbocycles. The summed E-state index contributed by atoms with van der Waals surface area (Å²) in [7, 11) is 0. The minimum Gasteiger partial charge on any atom is -0.505 e. The van der Waals surface area contributed by atoms with Crippen molar-refractivity contribution in [2.24, 2.45) is 0 Å². The van der Waals surface area contributed by atoms with Crippen LogP contribution < -0.4 is 5.32 Å². The topological polar surface area (TPSA) is 62.2 Å². The Balaban J connectivity index is 1.92. The van der Waals surface area contributed by atoms with Crippen LogP contribution in [0.5, 0.6) is 5.75 Å². The maximum atomic E-state index is 11.8. The van der Waals surface area contributed by atoms with E-state index in [0.29, 0.717) is 6.54 Å². The lowest BCUT2D eigenvalue weighted by Crippen LogP contribution is -2.25. The Hall–Kier alpha value is -2.36. The molecule has 0 aliphatic carbocycles. The van der Waals surface area contributed by atoms with Gasteiger partial charge in [0.25, 0.3) is 5.91 Å². The molecule has 0 unspecified atom stereocenters. The number of aromatic hydroxyl groups is 1. The van der Waals surface area contributed by atoms with Crippen molar-refractivity contribution in [3.8, 4) is 5.75 Å². The number of amides is 1. The lowest BCUT2D eigenvalue weighted by molar-refractivity contribution is 0.0951. The van der Waals surface area contributed by atoms with Gasteiger partial charge in [-0.05, 0) is 30.5 Å². The fraction of sp³-hybridized carbons (Fsp3) is 0.200. The average molecular weight is 256 g/mol. The van der Waals surface area contributed by atoms with Crippen molar-refractivity contribution in [2.75, 3.05) is 6.54 Å². The van der Waals surface area contributed by atoms with E-state index in [-0.39, 0.29) is 17.2 Å². The van der Waals surface area contributed by atoms with Gasteiger partial charge in [-0.2, -0.15) is 0 Å². The van der Waals surface area contributed by atoms with Gasteiger partial charge < -0.3 is 10.4 Å². The van der Waals surface area contributed by atoms with Crippen LogP contribution in [0.25, 0.3) is 0 Å². The van der Waals surface area contributed by atoms with Crippen LogP contribution in [0.4, 0.5) is 0 Å². The molecule has 0 fully saturated rings. The van der Waals surface area contributed by atoms with Crippen LogP contribution in [0, 0.1) is 6.92 Å². The van der Waals surface area contributed by atoms with Crippen molar-refractivity contribution in [3.05, 3.63) is 59.4 Å². The molecule has 0 spiro atoms. The Morgan fingerprint density at radius 2 is 2.11 bits per heavy atom. The maximum Gasteiger partial charge on any atom is 0.255 e. The first-order chi connectivity index (χ1) is 9.18. The average Bonchev–Trinajstić information content (AvgIpc) is 2.41. The summed E-state index contributed by atoms with van der Waals surface area (Å²) in [6.45, 7) is 2.58. The third-order valence-corrected chi connectivity index (χ3v) is 2.99. The molecule has 0 aliphatic rings. The zero-order valence-electron chi connectivity index (χ0n) is 10.8. The van der Waals surface area contributed by atoms with Crippen molar-refractivity contribution >= 4 is 5.91 Å². The van der Waals surface area contributed by atoms with Crippen LogP contribution in [-0.2, 0) is 6.42 Å². The van der Waals surface area contributed by atoms with Crippen LogP contribution >= 0.6 is 0 Å². The van der Waals surface area contributed by atoms with E-state index in [2.05, 4.69) is 10.3 Å². The van der Waals surface area contributed by atoms with Gasteiger partial charge in [-0.15, -0.1) is 0 Å². The van der Waals surface area contributed by atoms with E-state index in [0.717, 1.165) is 6.42 Å². The molecule has 2 rings (SSSR count). The highest BCUT2D eigenvalue weighted by Crippen LogP contribution is 2.13. The van der Waals surface area contributed by atoms with E-state index in [1.807, 2.05) is 31.2 Å². The second kappa shape index (κ2) is 6.00. The lowest BCUT2D eigenvalue weighted by Gasteiger charge is -2.08. The number of carbonyl (C=O) groups excluding carboxylic acids is 1. The summed E-state index contributed by atoms with van der Waals surface area (Å²) in [6, 6.07) is 9.57.